The van der Waals surface area contributed by atoms with Gasteiger partial charge in [-0.3, -0.25) is 0 Å². The van der Waals surface area contributed by atoms with Crippen LogP contribution in [0.1, 0.15) is 18.1 Å². The van der Waals surface area contributed by atoms with E-state index < -0.39 is 22.2 Å². The second-order valence-corrected chi connectivity index (χ2v) is 10.1. The third-order valence-corrected chi connectivity index (χ3v) is 5.31. The SMILES string of the molecule is C[CH]=[Hf]([F])[F].Cc1cc2ccccc2[cH-]1.Cc1cc2ccccc2[cH-]1. The van der Waals surface area contributed by atoms with Gasteiger partial charge in [-0.25, -0.2) is 0 Å². The van der Waals surface area contributed by atoms with Crippen molar-refractivity contribution in [3.63, 3.8) is 0 Å². The molecule has 130 valence electrons. The van der Waals surface area contributed by atoms with Gasteiger partial charge in [-0.15, -0.1) is 81.2 Å². The van der Waals surface area contributed by atoms with Crippen LogP contribution in [-0.4, -0.2) is 3.76 Å². The molecular formula is C22H22F2Hf-2. The zero-order chi connectivity index (χ0) is 18.2. The summed E-state index contributed by atoms with van der Waals surface area (Å²) in [4.78, 5) is 0. The molecule has 4 aromatic carbocycles. The van der Waals surface area contributed by atoms with Crippen molar-refractivity contribution in [1.82, 2.24) is 0 Å². The fourth-order valence-corrected chi connectivity index (χ4v) is 2.61. The van der Waals surface area contributed by atoms with Crippen LogP contribution < -0.4 is 0 Å². The molecule has 4 rings (SSSR count). The first kappa shape index (κ1) is 19.6. The van der Waals surface area contributed by atoms with E-state index in [9.17, 15) is 5.33 Å². The van der Waals surface area contributed by atoms with E-state index >= 15 is 0 Å². The van der Waals surface area contributed by atoms with Crippen LogP contribution in [-0.2, 0) is 22.2 Å². The average molecular weight is 503 g/mol. The van der Waals surface area contributed by atoms with Gasteiger partial charge in [0, 0.05) is 0 Å². The van der Waals surface area contributed by atoms with Crippen molar-refractivity contribution >= 4 is 25.3 Å². The quantitative estimate of drug-likeness (QED) is 0.181. The van der Waals surface area contributed by atoms with Gasteiger partial charge in [-0.2, -0.15) is 12.1 Å². The van der Waals surface area contributed by atoms with E-state index in [1.165, 1.54) is 39.6 Å². The molecular weight excluding hydrogens is 481 g/mol. The van der Waals surface area contributed by atoms with Crippen LogP contribution in [0.3, 0.4) is 0 Å². The molecule has 0 aliphatic carbocycles. The molecule has 0 spiro atoms. The maximum absolute atomic E-state index is 10.9. The van der Waals surface area contributed by atoms with E-state index in [-0.39, 0.29) is 0 Å². The van der Waals surface area contributed by atoms with Crippen LogP contribution in [0.4, 0.5) is 5.33 Å². The third-order valence-electron chi connectivity index (χ3n) is 3.74. The molecule has 0 amide bonds. The van der Waals surface area contributed by atoms with E-state index in [1.807, 2.05) is 0 Å². The molecule has 0 aromatic heterocycles. The van der Waals surface area contributed by atoms with Gasteiger partial charge in [-0.1, -0.05) is 26.0 Å². The summed E-state index contributed by atoms with van der Waals surface area (Å²) in [5.41, 5.74) is 2.70. The minimum atomic E-state index is -3.83. The van der Waals surface area contributed by atoms with Crippen molar-refractivity contribution in [2.75, 3.05) is 0 Å². The van der Waals surface area contributed by atoms with E-state index in [4.69, 9.17) is 0 Å². The molecule has 0 bridgehead atoms. The molecule has 0 N–H and O–H groups in total. The molecule has 0 saturated carbocycles. The molecule has 0 atom stereocenters. The average Bonchev–Trinajstić information content (AvgIpc) is 3.16. The summed E-state index contributed by atoms with van der Waals surface area (Å²) in [6.45, 7) is 5.67. The summed E-state index contributed by atoms with van der Waals surface area (Å²) < 4.78 is 22.9. The van der Waals surface area contributed by atoms with Crippen LogP contribution in [0.5, 0.6) is 0 Å². The Morgan fingerprint density at radius 1 is 0.760 bits per heavy atom. The first-order valence-electron chi connectivity index (χ1n) is 8.21. The van der Waals surface area contributed by atoms with Crippen LogP contribution >= 0.6 is 0 Å². The number of benzene rings is 2. The minimum absolute atomic E-state index is 1.05. The Morgan fingerprint density at radius 2 is 1.12 bits per heavy atom. The fraction of sp³-hybridized carbons (Fsp3) is 0.136. The van der Waals surface area contributed by atoms with Gasteiger partial charge in [-0.05, 0) is 0 Å². The number of hydrogen-bond donors (Lipinski definition) is 0. The fourth-order valence-electron chi connectivity index (χ4n) is 2.61. The van der Waals surface area contributed by atoms with Gasteiger partial charge in [0.05, 0.1) is 0 Å². The second-order valence-electron chi connectivity index (χ2n) is 5.90. The second kappa shape index (κ2) is 9.67. The monoisotopic (exact) mass is 504 g/mol. The number of halogens is 2. The molecule has 0 unspecified atom stereocenters. The number of rotatable bonds is 0. The molecule has 25 heavy (non-hydrogen) atoms. The molecule has 0 nitrogen and oxygen atoms in total. The molecule has 0 radical (unpaired) electrons. The van der Waals surface area contributed by atoms with Crippen LogP contribution in [0.15, 0.2) is 72.8 Å². The predicted molar refractivity (Wildman–Crippen MR) is 103 cm³/mol. The normalized spacial score (nSPS) is 9.80. The van der Waals surface area contributed by atoms with Crippen molar-refractivity contribution in [3.8, 4) is 0 Å². The zero-order valence-corrected chi connectivity index (χ0v) is 18.4. The Labute approximate surface area is 157 Å². The number of aryl methyl sites for hydroxylation is 2. The molecule has 0 heterocycles. The summed E-state index contributed by atoms with van der Waals surface area (Å²) in [6, 6.07) is 25.7. The van der Waals surface area contributed by atoms with Crippen molar-refractivity contribution in [2.24, 2.45) is 0 Å². The molecule has 0 fully saturated rings. The summed E-state index contributed by atoms with van der Waals surface area (Å²) in [5.74, 6) is 0. The molecule has 0 aliphatic heterocycles. The Kier molecular flexibility index (Phi) is 7.57. The standard InChI is InChI=1S/2C10H9.C2H4.2FH.Hf/c2*1-8-6-9-4-2-3-5-10(9)7-8;1-2;;;/h2*2-7H,1H3;1H,2H3;2*1H;/q2*-1;;;;+2/p-2. The van der Waals surface area contributed by atoms with Crippen molar-refractivity contribution < 1.29 is 27.5 Å². The van der Waals surface area contributed by atoms with Gasteiger partial charge < -0.3 is 0 Å². The number of hydrogen-bond acceptors (Lipinski definition) is 0. The van der Waals surface area contributed by atoms with Crippen LogP contribution in [0.2, 0.25) is 0 Å². The van der Waals surface area contributed by atoms with E-state index in [1.54, 1.807) is 0 Å². The van der Waals surface area contributed by atoms with Gasteiger partial charge >= 0.3 is 38.2 Å². The Hall–Kier alpha value is -1.74. The molecule has 4 aromatic rings. The van der Waals surface area contributed by atoms with E-state index in [0.29, 0.717) is 0 Å². The van der Waals surface area contributed by atoms with Crippen molar-refractivity contribution in [2.45, 2.75) is 20.8 Å². The molecule has 3 heteroatoms. The Bertz CT molecular complexity index is 818. The molecule has 0 aliphatic rings. The van der Waals surface area contributed by atoms with E-state index in [2.05, 4.69) is 86.6 Å². The van der Waals surface area contributed by atoms with Crippen LogP contribution in [0.25, 0.3) is 21.5 Å². The first-order chi connectivity index (χ1) is 12.0. The first-order valence-corrected chi connectivity index (χ1v) is 13.0. The summed E-state index contributed by atoms with van der Waals surface area (Å²) in [7, 11) is 0. The van der Waals surface area contributed by atoms with Gasteiger partial charge in [0.15, 0.2) is 0 Å². The third kappa shape index (κ3) is 6.24. The smallest absolute Gasteiger partial charge is 0.0579 e. The Morgan fingerprint density at radius 3 is 1.44 bits per heavy atom. The largest absolute Gasteiger partial charge is 0.165 e. The summed E-state index contributed by atoms with van der Waals surface area (Å²) >= 11 is -3.83. The zero-order valence-electron chi connectivity index (χ0n) is 14.8. The maximum atomic E-state index is 10.9. The van der Waals surface area contributed by atoms with Gasteiger partial charge in [0.1, 0.15) is 0 Å². The van der Waals surface area contributed by atoms with Crippen LogP contribution in [0, 0.1) is 13.8 Å². The summed E-state index contributed by atoms with van der Waals surface area (Å²) in [5, 5.41) is 5.39. The number of fused-ring (bicyclic) bond motifs is 2. The maximum Gasteiger partial charge on any atom is -0.0579 e. The van der Waals surface area contributed by atoms with Crippen molar-refractivity contribution in [1.29, 1.82) is 0 Å². The van der Waals surface area contributed by atoms with Crippen molar-refractivity contribution in [3.05, 3.63) is 83.9 Å². The minimum Gasteiger partial charge on any atom is -0.165 e. The van der Waals surface area contributed by atoms with E-state index in [0.717, 1.165) is 3.76 Å². The molecule has 0 saturated heterocycles. The van der Waals surface area contributed by atoms with Gasteiger partial charge in [0.25, 0.3) is 0 Å². The topological polar surface area (TPSA) is 0 Å². The Balaban J connectivity index is 0.000000144. The van der Waals surface area contributed by atoms with Gasteiger partial charge in [0.2, 0.25) is 0 Å². The summed E-state index contributed by atoms with van der Waals surface area (Å²) in [6.07, 6.45) is 0. The predicted octanol–water partition coefficient (Wildman–Crippen LogP) is 6.93.